The van der Waals surface area contributed by atoms with E-state index in [1.54, 1.807) is 0 Å². The molecule has 1 heterocycles. The summed E-state index contributed by atoms with van der Waals surface area (Å²) < 4.78 is 2.05. The SMILES string of the molecule is CC(C)CCC(C)n1cccc1C=O. The fourth-order valence-electron chi connectivity index (χ4n) is 1.62. The third kappa shape index (κ3) is 2.72. The minimum absolute atomic E-state index is 0.424. The highest BCUT2D eigenvalue weighted by atomic mass is 16.1. The lowest BCUT2D eigenvalue weighted by molar-refractivity contribution is 0.111. The van der Waals surface area contributed by atoms with Crippen LogP contribution >= 0.6 is 0 Å². The van der Waals surface area contributed by atoms with Gasteiger partial charge >= 0.3 is 0 Å². The summed E-state index contributed by atoms with van der Waals surface area (Å²) in [4.78, 5) is 10.7. The largest absolute Gasteiger partial charge is 0.343 e. The smallest absolute Gasteiger partial charge is 0.166 e. The summed E-state index contributed by atoms with van der Waals surface area (Å²) in [7, 11) is 0. The molecule has 1 aromatic heterocycles. The fourth-order valence-corrected chi connectivity index (χ4v) is 1.62. The molecule has 1 aromatic rings. The predicted octanol–water partition coefficient (Wildman–Crippen LogP) is 3.30. The van der Waals surface area contributed by atoms with Gasteiger partial charge in [0.1, 0.15) is 0 Å². The molecule has 0 aliphatic rings. The van der Waals surface area contributed by atoms with Crippen molar-refractivity contribution in [3.05, 3.63) is 24.0 Å². The lowest BCUT2D eigenvalue weighted by Gasteiger charge is -2.16. The normalized spacial score (nSPS) is 13.1. The zero-order valence-corrected chi connectivity index (χ0v) is 9.23. The van der Waals surface area contributed by atoms with Crippen LogP contribution in [0.15, 0.2) is 18.3 Å². The molecule has 1 atom stereocenters. The van der Waals surface area contributed by atoms with E-state index in [-0.39, 0.29) is 0 Å². The Morgan fingerprint density at radius 1 is 1.36 bits per heavy atom. The molecule has 0 amide bonds. The first-order valence-corrected chi connectivity index (χ1v) is 5.27. The van der Waals surface area contributed by atoms with Crippen molar-refractivity contribution in [2.24, 2.45) is 5.92 Å². The van der Waals surface area contributed by atoms with Gasteiger partial charge in [0, 0.05) is 12.2 Å². The van der Waals surface area contributed by atoms with E-state index in [0.29, 0.717) is 6.04 Å². The highest BCUT2D eigenvalue weighted by molar-refractivity contribution is 5.72. The second-order valence-corrected chi connectivity index (χ2v) is 4.28. The lowest BCUT2D eigenvalue weighted by atomic mass is 10.0. The first-order chi connectivity index (χ1) is 6.65. The van der Waals surface area contributed by atoms with Crippen LogP contribution in [0.3, 0.4) is 0 Å². The molecule has 78 valence electrons. The molecular weight excluding hydrogens is 174 g/mol. The van der Waals surface area contributed by atoms with E-state index in [1.807, 2.05) is 18.3 Å². The van der Waals surface area contributed by atoms with Crippen LogP contribution in [0, 0.1) is 5.92 Å². The van der Waals surface area contributed by atoms with Gasteiger partial charge in [-0.15, -0.1) is 0 Å². The molecule has 0 aromatic carbocycles. The lowest BCUT2D eigenvalue weighted by Crippen LogP contribution is -2.08. The second-order valence-electron chi connectivity index (χ2n) is 4.28. The van der Waals surface area contributed by atoms with Gasteiger partial charge in [-0.2, -0.15) is 0 Å². The number of hydrogen-bond donors (Lipinski definition) is 0. The van der Waals surface area contributed by atoms with E-state index in [2.05, 4.69) is 25.3 Å². The Morgan fingerprint density at radius 2 is 2.07 bits per heavy atom. The fraction of sp³-hybridized carbons (Fsp3) is 0.583. The molecule has 0 saturated heterocycles. The van der Waals surface area contributed by atoms with E-state index < -0.39 is 0 Å². The van der Waals surface area contributed by atoms with E-state index in [1.165, 1.54) is 6.42 Å². The standard InChI is InChI=1S/C12H19NO/c1-10(2)6-7-11(3)13-8-4-5-12(13)9-14/h4-5,8-11H,6-7H2,1-3H3. The number of hydrogen-bond acceptors (Lipinski definition) is 1. The van der Waals surface area contributed by atoms with Crippen LogP contribution in [0.25, 0.3) is 0 Å². The van der Waals surface area contributed by atoms with Crippen LogP contribution in [0.1, 0.15) is 50.1 Å². The molecule has 2 heteroatoms. The van der Waals surface area contributed by atoms with Gasteiger partial charge in [-0.05, 0) is 37.8 Å². The first-order valence-electron chi connectivity index (χ1n) is 5.27. The summed E-state index contributed by atoms with van der Waals surface area (Å²) in [6, 6.07) is 4.21. The van der Waals surface area contributed by atoms with Crippen LogP contribution < -0.4 is 0 Å². The molecule has 2 nitrogen and oxygen atoms in total. The van der Waals surface area contributed by atoms with Crippen molar-refractivity contribution < 1.29 is 4.79 Å². The van der Waals surface area contributed by atoms with Gasteiger partial charge in [0.15, 0.2) is 6.29 Å². The molecule has 1 unspecified atom stereocenters. The summed E-state index contributed by atoms with van der Waals surface area (Å²) in [6.45, 7) is 6.61. The van der Waals surface area contributed by atoms with E-state index in [0.717, 1.165) is 24.3 Å². The molecule has 0 aliphatic carbocycles. The third-order valence-corrected chi connectivity index (χ3v) is 2.57. The number of nitrogens with zero attached hydrogens (tertiary/aromatic N) is 1. The minimum Gasteiger partial charge on any atom is -0.343 e. The Balaban J connectivity index is 2.59. The molecule has 0 spiro atoms. The van der Waals surface area contributed by atoms with Gasteiger partial charge in [0.25, 0.3) is 0 Å². The van der Waals surface area contributed by atoms with Crippen molar-refractivity contribution >= 4 is 6.29 Å². The molecule has 0 bridgehead atoms. The maximum atomic E-state index is 10.7. The van der Waals surface area contributed by atoms with Crippen molar-refractivity contribution in [2.75, 3.05) is 0 Å². The average molecular weight is 193 g/mol. The summed E-state index contributed by atoms with van der Waals surface area (Å²) in [5, 5.41) is 0. The number of carbonyl (C=O) groups excluding carboxylic acids is 1. The molecule has 0 N–H and O–H groups in total. The molecule has 0 radical (unpaired) electrons. The van der Waals surface area contributed by atoms with Crippen LogP contribution in [-0.4, -0.2) is 10.9 Å². The molecule has 0 saturated carbocycles. The minimum atomic E-state index is 0.424. The number of aldehydes is 1. The van der Waals surface area contributed by atoms with Crippen molar-refractivity contribution in [1.29, 1.82) is 0 Å². The monoisotopic (exact) mass is 193 g/mol. The Bertz CT molecular complexity index is 288. The maximum absolute atomic E-state index is 10.7. The zero-order valence-electron chi connectivity index (χ0n) is 9.23. The number of rotatable bonds is 5. The van der Waals surface area contributed by atoms with Gasteiger partial charge in [0.2, 0.25) is 0 Å². The quantitative estimate of drug-likeness (QED) is 0.658. The Kier molecular flexibility index (Phi) is 3.93. The highest BCUT2D eigenvalue weighted by Gasteiger charge is 2.08. The van der Waals surface area contributed by atoms with Gasteiger partial charge < -0.3 is 4.57 Å². The third-order valence-electron chi connectivity index (χ3n) is 2.57. The second kappa shape index (κ2) is 4.99. The van der Waals surface area contributed by atoms with Gasteiger partial charge in [0.05, 0.1) is 5.69 Å². The van der Waals surface area contributed by atoms with Crippen molar-refractivity contribution in [3.63, 3.8) is 0 Å². The van der Waals surface area contributed by atoms with Crippen molar-refractivity contribution in [3.8, 4) is 0 Å². The van der Waals surface area contributed by atoms with Crippen molar-refractivity contribution in [1.82, 2.24) is 4.57 Å². The van der Waals surface area contributed by atoms with Crippen LogP contribution in [-0.2, 0) is 0 Å². The average Bonchev–Trinajstić information content (AvgIpc) is 2.61. The summed E-state index contributed by atoms with van der Waals surface area (Å²) in [5.74, 6) is 0.729. The summed E-state index contributed by atoms with van der Waals surface area (Å²) in [5.41, 5.74) is 0.779. The maximum Gasteiger partial charge on any atom is 0.166 e. The van der Waals surface area contributed by atoms with Gasteiger partial charge in [-0.3, -0.25) is 4.79 Å². The topological polar surface area (TPSA) is 22.0 Å². The van der Waals surface area contributed by atoms with E-state index in [9.17, 15) is 4.79 Å². The predicted molar refractivity (Wildman–Crippen MR) is 58.6 cm³/mol. The number of carbonyl (C=O) groups is 1. The Labute approximate surface area is 85.9 Å². The van der Waals surface area contributed by atoms with E-state index >= 15 is 0 Å². The molecule has 0 aliphatic heterocycles. The van der Waals surface area contributed by atoms with Gasteiger partial charge in [-0.1, -0.05) is 13.8 Å². The first kappa shape index (κ1) is 11.0. The molecule has 0 fully saturated rings. The van der Waals surface area contributed by atoms with Crippen LogP contribution in [0.5, 0.6) is 0 Å². The molecule has 1 rings (SSSR count). The van der Waals surface area contributed by atoms with Gasteiger partial charge in [-0.25, -0.2) is 0 Å². The summed E-state index contributed by atoms with van der Waals surface area (Å²) in [6.07, 6.45) is 5.24. The highest BCUT2D eigenvalue weighted by Crippen LogP contribution is 2.18. The molecular formula is C12H19NO. The van der Waals surface area contributed by atoms with Crippen LogP contribution in [0.4, 0.5) is 0 Å². The molecule has 14 heavy (non-hydrogen) atoms. The Hall–Kier alpha value is -1.05. The Morgan fingerprint density at radius 3 is 2.64 bits per heavy atom. The summed E-state index contributed by atoms with van der Waals surface area (Å²) >= 11 is 0. The number of aromatic nitrogens is 1. The van der Waals surface area contributed by atoms with Crippen molar-refractivity contribution in [2.45, 2.75) is 39.7 Å². The zero-order chi connectivity index (χ0) is 10.6. The van der Waals surface area contributed by atoms with Crippen LogP contribution in [0.2, 0.25) is 0 Å². The van der Waals surface area contributed by atoms with E-state index in [4.69, 9.17) is 0 Å².